The first-order valence-electron chi connectivity index (χ1n) is 5.06. The van der Waals surface area contributed by atoms with E-state index in [0.717, 1.165) is 6.42 Å². The summed E-state index contributed by atoms with van der Waals surface area (Å²) >= 11 is 0. The van der Waals surface area contributed by atoms with Gasteiger partial charge in [0.15, 0.2) is 0 Å². The quantitative estimate of drug-likeness (QED) is 0.731. The number of nitrogens with two attached hydrogens (primary N) is 1. The molecule has 0 atom stereocenters. The molecular weight excluding hydrogens is 208 g/mol. The number of carbonyl (C=O) groups is 1. The van der Waals surface area contributed by atoms with Gasteiger partial charge in [-0.3, -0.25) is 9.78 Å². The Kier molecular flexibility index (Phi) is 4.50. The Morgan fingerprint density at radius 1 is 1.56 bits per heavy atom. The second kappa shape index (κ2) is 5.89. The third-order valence-corrected chi connectivity index (χ3v) is 2.01. The molecule has 1 aromatic heterocycles. The standard InChI is InChI=1S/C10H16N4O2/c1-3-4-14(7-10(15)16-2)9-6-12-5-8(11)13-9/h5-6H,3-4,7H2,1-2H3,(H2,11,13). The second-order valence-corrected chi connectivity index (χ2v) is 3.30. The van der Waals surface area contributed by atoms with Crippen molar-refractivity contribution in [1.29, 1.82) is 0 Å². The van der Waals surface area contributed by atoms with E-state index in [1.807, 2.05) is 6.92 Å². The van der Waals surface area contributed by atoms with Crippen molar-refractivity contribution in [2.24, 2.45) is 0 Å². The van der Waals surface area contributed by atoms with Crippen molar-refractivity contribution < 1.29 is 9.53 Å². The summed E-state index contributed by atoms with van der Waals surface area (Å²) in [7, 11) is 1.36. The Balaban J connectivity index is 2.80. The molecule has 88 valence electrons. The third-order valence-electron chi connectivity index (χ3n) is 2.01. The fourth-order valence-corrected chi connectivity index (χ4v) is 1.29. The first-order valence-corrected chi connectivity index (χ1v) is 5.06. The maximum Gasteiger partial charge on any atom is 0.325 e. The molecule has 0 amide bonds. The van der Waals surface area contributed by atoms with Gasteiger partial charge in [0.2, 0.25) is 0 Å². The van der Waals surface area contributed by atoms with E-state index in [-0.39, 0.29) is 12.5 Å². The number of carbonyl (C=O) groups excluding carboxylic acids is 1. The third kappa shape index (κ3) is 3.38. The van der Waals surface area contributed by atoms with Crippen LogP contribution in [0.4, 0.5) is 11.6 Å². The number of rotatable bonds is 5. The molecule has 0 bridgehead atoms. The van der Waals surface area contributed by atoms with Crippen LogP contribution >= 0.6 is 0 Å². The zero-order valence-corrected chi connectivity index (χ0v) is 9.51. The van der Waals surface area contributed by atoms with Crippen LogP contribution in [0, 0.1) is 0 Å². The molecule has 1 heterocycles. The molecule has 1 aromatic rings. The molecular formula is C10H16N4O2. The lowest BCUT2D eigenvalue weighted by Gasteiger charge is -2.21. The molecule has 0 fully saturated rings. The summed E-state index contributed by atoms with van der Waals surface area (Å²) in [6, 6.07) is 0. The molecule has 16 heavy (non-hydrogen) atoms. The first-order chi connectivity index (χ1) is 7.67. The van der Waals surface area contributed by atoms with Crippen molar-refractivity contribution in [3.05, 3.63) is 12.4 Å². The van der Waals surface area contributed by atoms with E-state index in [4.69, 9.17) is 5.73 Å². The van der Waals surface area contributed by atoms with Crippen molar-refractivity contribution in [1.82, 2.24) is 9.97 Å². The lowest BCUT2D eigenvalue weighted by molar-refractivity contribution is -0.138. The molecule has 0 aliphatic rings. The summed E-state index contributed by atoms with van der Waals surface area (Å²) in [4.78, 5) is 21.1. The SMILES string of the molecule is CCCN(CC(=O)OC)c1cncc(N)n1. The van der Waals surface area contributed by atoms with Gasteiger partial charge in [-0.05, 0) is 6.42 Å². The van der Waals surface area contributed by atoms with Gasteiger partial charge in [-0.25, -0.2) is 4.98 Å². The predicted molar refractivity (Wildman–Crippen MR) is 61.0 cm³/mol. The molecule has 6 heteroatoms. The number of ether oxygens (including phenoxy) is 1. The van der Waals surface area contributed by atoms with Gasteiger partial charge in [0, 0.05) is 6.54 Å². The Bertz CT molecular complexity index is 356. The molecule has 0 aromatic carbocycles. The summed E-state index contributed by atoms with van der Waals surface area (Å²) in [5.74, 6) is 0.619. The molecule has 6 nitrogen and oxygen atoms in total. The minimum atomic E-state index is -0.308. The van der Waals surface area contributed by atoms with E-state index >= 15 is 0 Å². The van der Waals surface area contributed by atoms with Crippen LogP contribution < -0.4 is 10.6 Å². The molecule has 0 aliphatic carbocycles. The van der Waals surface area contributed by atoms with E-state index in [2.05, 4.69) is 14.7 Å². The fourth-order valence-electron chi connectivity index (χ4n) is 1.29. The van der Waals surface area contributed by atoms with Crippen LogP contribution in [0.3, 0.4) is 0 Å². The van der Waals surface area contributed by atoms with Gasteiger partial charge in [0.1, 0.15) is 18.2 Å². The average molecular weight is 224 g/mol. The number of aromatic nitrogens is 2. The van der Waals surface area contributed by atoms with Gasteiger partial charge in [-0.2, -0.15) is 0 Å². The van der Waals surface area contributed by atoms with Crippen LogP contribution in [0.25, 0.3) is 0 Å². The van der Waals surface area contributed by atoms with E-state index in [1.165, 1.54) is 13.3 Å². The number of hydrogen-bond acceptors (Lipinski definition) is 6. The molecule has 0 spiro atoms. The number of methoxy groups -OCH3 is 1. The maximum absolute atomic E-state index is 11.2. The normalized spacial score (nSPS) is 9.88. The van der Waals surface area contributed by atoms with Crippen molar-refractivity contribution >= 4 is 17.6 Å². The highest BCUT2D eigenvalue weighted by atomic mass is 16.5. The van der Waals surface area contributed by atoms with E-state index in [0.29, 0.717) is 18.2 Å². The fraction of sp³-hybridized carbons (Fsp3) is 0.500. The molecule has 0 unspecified atom stereocenters. The minimum absolute atomic E-state index is 0.155. The van der Waals surface area contributed by atoms with Gasteiger partial charge in [0.25, 0.3) is 0 Å². The van der Waals surface area contributed by atoms with Crippen LogP contribution in [0.15, 0.2) is 12.4 Å². The van der Waals surface area contributed by atoms with Crippen molar-refractivity contribution in [2.75, 3.05) is 30.8 Å². The molecule has 1 rings (SSSR count). The number of esters is 1. The highest BCUT2D eigenvalue weighted by Gasteiger charge is 2.12. The smallest absolute Gasteiger partial charge is 0.325 e. The lowest BCUT2D eigenvalue weighted by atomic mass is 10.4. The van der Waals surface area contributed by atoms with E-state index in [1.54, 1.807) is 11.1 Å². The Hall–Kier alpha value is -1.85. The maximum atomic E-state index is 11.2. The summed E-state index contributed by atoms with van der Waals surface area (Å²) in [5, 5.41) is 0. The predicted octanol–water partition coefficient (Wildman–Crippen LogP) is 0.448. The Morgan fingerprint density at radius 2 is 2.31 bits per heavy atom. The molecule has 0 saturated heterocycles. The van der Waals surface area contributed by atoms with E-state index in [9.17, 15) is 4.79 Å². The number of anilines is 2. The number of nitrogens with zero attached hydrogens (tertiary/aromatic N) is 3. The van der Waals surface area contributed by atoms with Gasteiger partial charge in [0.05, 0.1) is 19.5 Å². The zero-order valence-electron chi connectivity index (χ0n) is 9.51. The molecule has 0 radical (unpaired) electrons. The Morgan fingerprint density at radius 3 is 2.88 bits per heavy atom. The highest BCUT2D eigenvalue weighted by molar-refractivity contribution is 5.75. The highest BCUT2D eigenvalue weighted by Crippen LogP contribution is 2.10. The van der Waals surface area contributed by atoms with Gasteiger partial charge >= 0.3 is 5.97 Å². The van der Waals surface area contributed by atoms with Crippen LogP contribution in [-0.4, -0.2) is 36.1 Å². The summed E-state index contributed by atoms with van der Waals surface area (Å²) in [5.41, 5.74) is 5.54. The Labute approximate surface area is 94.4 Å². The van der Waals surface area contributed by atoms with Crippen LogP contribution in [0.5, 0.6) is 0 Å². The molecule has 0 saturated carbocycles. The lowest BCUT2D eigenvalue weighted by Crippen LogP contribution is -2.32. The van der Waals surface area contributed by atoms with Gasteiger partial charge < -0.3 is 15.4 Å². The van der Waals surface area contributed by atoms with Crippen molar-refractivity contribution in [2.45, 2.75) is 13.3 Å². The van der Waals surface area contributed by atoms with Gasteiger partial charge in [-0.1, -0.05) is 6.92 Å². The van der Waals surface area contributed by atoms with Gasteiger partial charge in [-0.15, -0.1) is 0 Å². The largest absolute Gasteiger partial charge is 0.468 e. The van der Waals surface area contributed by atoms with Crippen LogP contribution in [0.1, 0.15) is 13.3 Å². The minimum Gasteiger partial charge on any atom is -0.468 e. The average Bonchev–Trinajstić information content (AvgIpc) is 2.28. The second-order valence-electron chi connectivity index (χ2n) is 3.30. The van der Waals surface area contributed by atoms with Crippen LogP contribution in [-0.2, 0) is 9.53 Å². The van der Waals surface area contributed by atoms with E-state index < -0.39 is 0 Å². The summed E-state index contributed by atoms with van der Waals surface area (Å²) in [6.07, 6.45) is 3.94. The molecule has 0 aliphatic heterocycles. The monoisotopic (exact) mass is 224 g/mol. The number of nitrogen functional groups attached to an aromatic ring is 1. The number of hydrogen-bond donors (Lipinski definition) is 1. The zero-order chi connectivity index (χ0) is 12.0. The topological polar surface area (TPSA) is 81.3 Å². The first kappa shape index (κ1) is 12.2. The van der Waals surface area contributed by atoms with Crippen molar-refractivity contribution in [3.63, 3.8) is 0 Å². The summed E-state index contributed by atoms with van der Waals surface area (Å²) < 4.78 is 4.62. The van der Waals surface area contributed by atoms with Crippen LogP contribution in [0.2, 0.25) is 0 Å². The molecule has 2 N–H and O–H groups in total. The van der Waals surface area contributed by atoms with Crippen molar-refractivity contribution in [3.8, 4) is 0 Å². The summed E-state index contributed by atoms with van der Waals surface area (Å²) in [6.45, 7) is 2.87.